The largest absolute Gasteiger partial charge is 0.497 e. The van der Waals surface area contributed by atoms with Crippen molar-refractivity contribution < 1.29 is 9.53 Å². The molecule has 1 atom stereocenters. The van der Waals surface area contributed by atoms with Gasteiger partial charge in [0.25, 0.3) is 0 Å². The maximum Gasteiger partial charge on any atom is 0.237 e. The lowest BCUT2D eigenvalue weighted by atomic mass is 9.78. The topological polar surface area (TPSA) is 29.5 Å². The smallest absolute Gasteiger partial charge is 0.237 e. The highest BCUT2D eigenvalue weighted by atomic mass is 35.5. The summed E-state index contributed by atoms with van der Waals surface area (Å²) < 4.78 is 5.29. The van der Waals surface area contributed by atoms with Crippen molar-refractivity contribution in [3.63, 3.8) is 0 Å². The molecule has 0 spiro atoms. The fourth-order valence-electron chi connectivity index (χ4n) is 3.38. The molecule has 0 bridgehead atoms. The molecule has 0 fully saturated rings. The van der Waals surface area contributed by atoms with Gasteiger partial charge in [-0.05, 0) is 61.7 Å². The summed E-state index contributed by atoms with van der Waals surface area (Å²) in [4.78, 5) is 14.9. The second-order valence-electron chi connectivity index (χ2n) is 6.07. The Hall–Kier alpha value is -2.00. The fourth-order valence-corrected chi connectivity index (χ4v) is 3.56. The van der Waals surface area contributed by atoms with E-state index >= 15 is 0 Å². The predicted molar refractivity (Wildman–Crippen MR) is 93.5 cm³/mol. The first-order valence-corrected chi connectivity index (χ1v) is 8.12. The van der Waals surface area contributed by atoms with Gasteiger partial charge in [-0.3, -0.25) is 4.79 Å². The molecule has 3 rings (SSSR count). The van der Waals surface area contributed by atoms with Crippen LogP contribution in [0.2, 0.25) is 5.02 Å². The van der Waals surface area contributed by atoms with E-state index < -0.39 is 5.41 Å². The molecule has 0 saturated carbocycles. The number of nitrogens with zero attached hydrogens (tertiary/aromatic N) is 1. The fraction of sp³-hybridized carbons (Fsp3) is 0.316. The molecule has 0 aliphatic carbocycles. The highest BCUT2D eigenvalue weighted by molar-refractivity contribution is 6.31. The molecule has 0 aromatic heterocycles. The number of benzene rings is 2. The molecule has 0 saturated heterocycles. The highest BCUT2D eigenvalue weighted by Gasteiger charge is 2.46. The number of carbonyl (C=O) groups is 1. The zero-order valence-corrected chi connectivity index (χ0v) is 14.4. The lowest BCUT2D eigenvalue weighted by molar-refractivity contribution is -0.122. The van der Waals surface area contributed by atoms with Gasteiger partial charge in [0.1, 0.15) is 5.75 Å². The van der Waals surface area contributed by atoms with Gasteiger partial charge in [0.15, 0.2) is 0 Å². The standard InChI is InChI=1S/C19H20ClNO2/c1-4-21-17-9-8-14(20)11-16(17)19(2,18(21)22)12-13-6-5-7-15(10-13)23-3/h5-11H,4,12H2,1-3H3. The molecule has 120 valence electrons. The van der Waals surface area contributed by atoms with Crippen LogP contribution in [0.15, 0.2) is 42.5 Å². The molecule has 23 heavy (non-hydrogen) atoms. The molecule has 1 unspecified atom stereocenters. The molecule has 1 aliphatic heterocycles. The Bertz CT molecular complexity index is 759. The Balaban J connectivity index is 2.06. The molecule has 2 aromatic rings. The van der Waals surface area contributed by atoms with Crippen molar-refractivity contribution in [3.05, 3.63) is 58.6 Å². The average Bonchev–Trinajstić information content (AvgIpc) is 2.75. The van der Waals surface area contributed by atoms with E-state index in [1.54, 1.807) is 7.11 Å². The number of anilines is 1. The first-order chi connectivity index (χ1) is 11.0. The summed E-state index contributed by atoms with van der Waals surface area (Å²) in [6.45, 7) is 4.65. The minimum absolute atomic E-state index is 0.125. The van der Waals surface area contributed by atoms with Crippen LogP contribution in [0.3, 0.4) is 0 Å². The van der Waals surface area contributed by atoms with Gasteiger partial charge in [0, 0.05) is 17.3 Å². The van der Waals surface area contributed by atoms with Crippen LogP contribution >= 0.6 is 11.6 Å². The van der Waals surface area contributed by atoms with Crippen molar-refractivity contribution in [3.8, 4) is 5.75 Å². The summed E-state index contributed by atoms with van der Waals surface area (Å²) in [5, 5.41) is 0.659. The summed E-state index contributed by atoms with van der Waals surface area (Å²) in [7, 11) is 1.65. The van der Waals surface area contributed by atoms with Crippen molar-refractivity contribution >= 4 is 23.2 Å². The van der Waals surface area contributed by atoms with Crippen LogP contribution in [0, 0.1) is 0 Å². The van der Waals surface area contributed by atoms with Crippen molar-refractivity contribution in [1.82, 2.24) is 0 Å². The lowest BCUT2D eigenvalue weighted by Gasteiger charge is -2.24. The molecule has 3 nitrogen and oxygen atoms in total. The second-order valence-corrected chi connectivity index (χ2v) is 6.51. The SMILES string of the molecule is CCN1C(=O)C(C)(Cc2cccc(OC)c2)c2cc(Cl)ccc21. The predicted octanol–water partition coefficient (Wildman–Crippen LogP) is 4.22. The molecular weight excluding hydrogens is 310 g/mol. The Morgan fingerprint density at radius 1 is 1.22 bits per heavy atom. The van der Waals surface area contributed by atoms with E-state index in [0.29, 0.717) is 18.0 Å². The maximum atomic E-state index is 13.0. The van der Waals surface area contributed by atoms with Crippen molar-refractivity contribution in [2.75, 3.05) is 18.6 Å². The van der Waals surface area contributed by atoms with E-state index in [1.165, 1.54) is 0 Å². The van der Waals surface area contributed by atoms with Crippen LogP contribution in [0.1, 0.15) is 25.0 Å². The second kappa shape index (κ2) is 5.89. The molecule has 4 heteroatoms. The summed E-state index contributed by atoms with van der Waals surface area (Å²) >= 11 is 6.19. The molecule has 1 aliphatic rings. The third-order valence-electron chi connectivity index (χ3n) is 4.57. The number of halogens is 1. The van der Waals surface area contributed by atoms with Gasteiger partial charge in [-0.25, -0.2) is 0 Å². The van der Waals surface area contributed by atoms with E-state index in [2.05, 4.69) is 0 Å². The number of ether oxygens (including phenoxy) is 1. The third-order valence-corrected chi connectivity index (χ3v) is 4.80. The molecule has 0 N–H and O–H groups in total. The van der Waals surface area contributed by atoms with Crippen molar-refractivity contribution in [1.29, 1.82) is 0 Å². The number of rotatable bonds is 4. The normalized spacial score (nSPS) is 19.8. The Kier molecular flexibility index (Phi) is 4.07. The number of amides is 1. The summed E-state index contributed by atoms with van der Waals surface area (Å²) in [6.07, 6.45) is 0.618. The first-order valence-electron chi connectivity index (χ1n) is 7.74. The number of fused-ring (bicyclic) bond motifs is 1. The van der Waals surface area contributed by atoms with E-state index in [9.17, 15) is 4.79 Å². The van der Waals surface area contributed by atoms with E-state index in [4.69, 9.17) is 16.3 Å². The average molecular weight is 330 g/mol. The summed E-state index contributed by atoms with van der Waals surface area (Å²) in [6, 6.07) is 13.6. The number of hydrogen-bond acceptors (Lipinski definition) is 2. The van der Waals surface area contributed by atoms with Gasteiger partial charge in [-0.1, -0.05) is 23.7 Å². The lowest BCUT2D eigenvalue weighted by Crippen LogP contribution is -2.39. The quantitative estimate of drug-likeness (QED) is 0.840. The van der Waals surface area contributed by atoms with Gasteiger partial charge in [0.05, 0.1) is 12.5 Å². The monoisotopic (exact) mass is 329 g/mol. The Morgan fingerprint density at radius 2 is 2.00 bits per heavy atom. The zero-order valence-electron chi connectivity index (χ0n) is 13.6. The minimum atomic E-state index is -0.609. The van der Waals surface area contributed by atoms with Gasteiger partial charge in [-0.2, -0.15) is 0 Å². The van der Waals surface area contributed by atoms with E-state index in [0.717, 1.165) is 22.6 Å². The molecule has 2 aromatic carbocycles. The van der Waals surface area contributed by atoms with Gasteiger partial charge in [-0.15, -0.1) is 0 Å². The highest BCUT2D eigenvalue weighted by Crippen LogP contribution is 2.44. The van der Waals surface area contributed by atoms with Crippen LogP contribution in [-0.4, -0.2) is 19.6 Å². The summed E-state index contributed by atoms with van der Waals surface area (Å²) in [5.74, 6) is 0.926. The number of hydrogen-bond donors (Lipinski definition) is 0. The van der Waals surface area contributed by atoms with E-state index in [-0.39, 0.29) is 5.91 Å². The first kappa shape index (κ1) is 15.9. The van der Waals surface area contributed by atoms with Gasteiger partial charge >= 0.3 is 0 Å². The van der Waals surface area contributed by atoms with Crippen LogP contribution in [0.25, 0.3) is 0 Å². The van der Waals surface area contributed by atoms with Crippen molar-refractivity contribution in [2.45, 2.75) is 25.7 Å². The number of carbonyl (C=O) groups excluding carboxylic acids is 1. The zero-order chi connectivity index (χ0) is 16.6. The third kappa shape index (κ3) is 2.59. The van der Waals surface area contributed by atoms with Crippen molar-refractivity contribution in [2.24, 2.45) is 0 Å². The van der Waals surface area contributed by atoms with Gasteiger partial charge < -0.3 is 9.64 Å². The molecular formula is C19H20ClNO2. The number of methoxy groups -OCH3 is 1. The van der Waals surface area contributed by atoms with Crippen LogP contribution in [0.4, 0.5) is 5.69 Å². The van der Waals surface area contributed by atoms with Gasteiger partial charge in [0.2, 0.25) is 5.91 Å². The van der Waals surface area contributed by atoms with Crippen LogP contribution < -0.4 is 9.64 Å². The minimum Gasteiger partial charge on any atom is -0.497 e. The molecule has 1 amide bonds. The van der Waals surface area contributed by atoms with Crippen LogP contribution in [-0.2, 0) is 16.6 Å². The molecule has 0 radical (unpaired) electrons. The number of likely N-dealkylation sites (N-methyl/N-ethyl adjacent to an activating group) is 1. The summed E-state index contributed by atoms with van der Waals surface area (Å²) in [5.41, 5.74) is 2.43. The Labute approximate surface area is 141 Å². The maximum absolute atomic E-state index is 13.0. The van der Waals surface area contributed by atoms with Crippen LogP contribution in [0.5, 0.6) is 5.75 Å². The molecule has 1 heterocycles. The van der Waals surface area contributed by atoms with E-state index in [1.807, 2.05) is 61.2 Å². The Morgan fingerprint density at radius 3 is 2.70 bits per heavy atom.